The van der Waals surface area contributed by atoms with E-state index in [2.05, 4.69) is 0 Å². The second-order valence-electron chi connectivity index (χ2n) is 4.45. The molecule has 1 aromatic rings. The lowest BCUT2D eigenvalue weighted by Crippen LogP contribution is -2.34. The van der Waals surface area contributed by atoms with Crippen LogP contribution in [-0.2, 0) is 10.0 Å². The fourth-order valence-corrected chi connectivity index (χ4v) is 3.66. The molecular formula is C13H21NO3S. The van der Waals surface area contributed by atoms with E-state index in [0.717, 1.165) is 17.5 Å². The topological polar surface area (TPSA) is 57.6 Å². The van der Waals surface area contributed by atoms with Gasteiger partial charge in [0.1, 0.15) is 0 Å². The van der Waals surface area contributed by atoms with Crippen molar-refractivity contribution in [3.05, 3.63) is 29.3 Å². The summed E-state index contributed by atoms with van der Waals surface area (Å²) in [6.45, 7) is 6.08. The first-order chi connectivity index (χ1) is 8.41. The molecule has 0 heterocycles. The molecule has 5 heteroatoms. The summed E-state index contributed by atoms with van der Waals surface area (Å²) in [5.74, 6) is 0. The summed E-state index contributed by atoms with van der Waals surface area (Å²) >= 11 is 0. The Labute approximate surface area is 109 Å². The van der Waals surface area contributed by atoms with Crippen molar-refractivity contribution in [2.45, 2.75) is 32.1 Å². The molecule has 0 atom stereocenters. The number of rotatable bonds is 6. The summed E-state index contributed by atoms with van der Waals surface area (Å²) < 4.78 is 26.2. The summed E-state index contributed by atoms with van der Waals surface area (Å²) in [6, 6.07) is 5.28. The highest BCUT2D eigenvalue weighted by Crippen LogP contribution is 2.19. The van der Waals surface area contributed by atoms with Gasteiger partial charge in [0, 0.05) is 13.1 Å². The zero-order valence-corrected chi connectivity index (χ0v) is 12.0. The highest BCUT2D eigenvalue weighted by molar-refractivity contribution is 7.89. The molecular weight excluding hydrogens is 250 g/mol. The standard InChI is InChI=1S/C13H21NO3S/c1-4-5-14(6-7-15)18(16,17)13-9-11(2)8-12(3)10-13/h8-10,15H,4-7H2,1-3H3. The summed E-state index contributed by atoms with van der Waals surface area (Å²) in [6.07, 6.45) is 0.726. The van der Waals surface area contributed by atoms with E-state index in [1.807, 2.05) is 26.8 Å². The quantitative estimate of drug-likeness (QED) is 0.856. The first-order valence-electron chi connectivity index (χ1n) is 6.11. The second kappa shape index (κ2) is 6.31. The molecule has 4 nitrogen and oxygen atoms in total. The third-order valence-electron chi connectivity index (χ3n) is 2.66. The number of nitrogens with zero attached hydrogens (tertiary/aromatic N) is 1. The Kier molecular flexibility index (Phi) is 5.31. The molecule has 1 aromatic carbocycles. The fraction of sp³-hybridized carbons (Fsp3) is 0.538. The van der Waals surface area contributed by atoms with Crippen LogP contribution in [0.1, 0.15) is 24.5 Å². The summed E-state index contributed by atoms with van der Waals surface area (Å²) in [5.41, 5.74) is 1.85. The van der Waals surface area contributed by atoms with Crippen molar-refractivity contribution in [2.75, 3.05) is 19.7 Å². The van der Waals surface area contributed by atoms with Crippen molar-refractivity contribution in [3.8, 4) is 0 Å². The third-order valence-corrected chi connectivity index (χ3v) is 4.53. The van der Waals surface area contributed by atoms with Gasteiger partial charge in [0.25, 0.3) is 0 Å². The minimum atomic E-state index is -3.50. The van der Waals surface area contributed by atoms with Crippen LogP contribution in [0.5, 0.6) is 0 Å². The molecule has 1 N–H and O–H groups in total. The van der Waals surface area contributed by atoms with Gasteiger partial charge in [-0.3, -0.25) is 0 Å². The van der Waals surface area contributed by atoms with Gasteiger partial charge in [-0.2, -0.15) is 4.31 Å². The maximum atomic E-state index is 12.4. The molecule has 0 saturated carbocycles. The summed E-state index contributed by atoms with van der Waals surface area (Å²) in [4.78, 5) is 0.307. The minimum absolute atomic E-state index is 0.142. The lowest BCUT2D eigenvalue weighted by atomic mass is 10.2. The van der Waals surface area contributed by atoms with Gasteiger partial charge in [-0.1, -0.05) is 13.0 Å². The molecule has 0 aromatic heterocycles. The van der Waals surface area contributed by atoms with Crippen molar-refractivity contribution in [1.29, 1.82) is 0 Å². The molecule has 1 rings (SSSR count). The van der Waals surface area contributed by atoms with Crippen LogP contribution in [0.3, 0.4) is 0 Å². The Bertz CT molecular complexity index is 471. The molecule has 0 amide bonds. The Morgan fingerprint density at radius 3 is 2.11 bits per heavy atom. The molecule has 0 aliphatic rings. The van der Waals surface area contributed by atoms with E-state index in [0.29, 0.717) is 11.4 Å². The van der Waals surface area contributed by atoms with Gasteiger partial charge in [0.05, 0.1) is 11.5 Å². The zero-order chi connectivity index (χ0) is 13.8. The van der Waals surface area contributed by atoms with Crippen LogP contribution >= 0.6 is 0 Å². The van der Waals surface area contributed by atoms with E-state index in [9.17, 15) is 8.42 Å². The summed E-state index contributed by atoms with van der Waals surface area (Å²) in [5, 5.41) is 8.98. The van der Waals surface area contributed by atoms with Crippen molar-refractivity contribution < 1.29 is 13.5 Å². The number of aliphatic hydroxyl groups excluding tert-OH is 1. The van der Waals surface area contributed by atoms with Crippen molar-refractivity contribution >= 4 is 10.0 Å². The number of benzene rings is 1. The number of hydrogen-bond donors (Lipinski definition) is 1. The number of hydrogen-bond acceptors (Lipinski definition) is 3. The van der Waals surface area contributed by atoms with Gasteiger partial charge in [-0.15, -0.1) is 0 Å². The van der Waals surface area contributed by atoms with Gasteiger partial charge in [-0.25, -0.2) is 8.42 Å². The molecule has 0 bridgehead atoms. The van der Waals surface area contributed by atoms with Crippen LogP contribution in [-0.4, -0.2) is 37.5 Å². The molecule has 0 spiro atoms. The normalized spacial score (nSPS) is 12.1. The molecule has 102 valence electrons. The highest BCUT2D eigenvalue weighted by Gasteiger charge is 2.23. The van der Waals surface area contributed by atoms with Crippen LogP contribution in [0.2, 0.25) is 0 Å². The van der Waals surface area contributed by atoms with Crippen LogP contribution in [0.4, 0.5) is 0 Å². The van der Waals surface area contributed by atoms with Gasteiger partial charge >= 0.3 is 0 Å². The SMILES string of the molecule is CCCN(CCO)S(=O)(=O)c1cc(C)cc(C)c1. The average molecular weight is 271 g/mol. The average Bonchev–Trinajstić information content (AvgIpc) is 2.27. The molecule has 18 heavy (non-hydrogen) atoms. The third kappa shape index (κ3) is 3.54. The fourth-order valence-electron chi connectivity index (χ4n) is 1.94. The Balaban J connectivity index is 3.17. The van der Waals surface area contributed by atoms with Crippen LogP contribution in [0.25, 0.3) is 0 Å². The van der Waals surface area contributed by atoms with E-state index < -0.39 is 10.0 Å². The first-order valence-corrected chi connectivity index (χ1v) is 7.55. The van der Waals surface area contributed by atoms with Gasteiger partial charge < -0.3 is 5.11 Å². The van der Waals surface area contributed by atoms with Crippen molar-refractivity contribution in [1.82, 2.24) is 4.31 Å². The number of aryl methyl sites for hydroxylation is 2. The lowest BCUT2D eigenvalue weighted by Gasteiger charge is -2.21. The van der Waals surface area contributed by atoms with Crippen molar-refractivity contribution in [2.24, 2.45) is 0 Å². The Hall–Kier alpha value is -0.910. The number of aliphatic hydroxyl groups is 1. The van der Waals surface area contributed by atoms with Gasteiger partial charge in [0.15, 0.2) is 0 Å². The molecule has 0 saturated heterocycles. The first kappa shape index (κ1) is 15.1. The smallest absolute Gasteiger partial charge is 0.243 e. The molecule has 0 aliphatic heterocycles. The Morgan fingerprint density at radius 2 is 1.67 bits per heavy atom. The van der Waals surface area contributed by atoms with Crippen LogP contribution in [0.15, 0.2) is 23.1 Å². The predicted molar refractivity (Wildman–Crippen MR) is 72.1 cm³/mol. The maximum Gasteiger partial charge on any atom is 0.243 e. The molecule has 0 unspecified atom stereocenters. The van der Waals surface area contributed by atoms with Crippen LogP contribution in [0, 0.1) is 13.8 Å². The Morgan fingerprint density at radius 1 is 1.11 bits per heavy atom. The molecule has 0 aliphatic carbocycles. The molecule has 0 fully saturated rings. The lowest BCUT2D eigenvalue weighted by molar-refractivity contribution is 0.253. The van der Waals surface area contributed by atoms with E-state index in [1.165, 1.54) is 4.31 Å². The zero-order valence-electron chi connectivity index (χ0n) is 11.2. The monoisotopic (exact) mass is 271 g/mol. The van der Waals surface area contributed by atoms with E-state index in [1.54, 1.807) is 12.1 Å². The van der Waals surface area contributed by atoms with Crippen molar-refractivity contribution in [3.63, 3.8) is 0 Å². The van der Waals surface area contributed by atoms with E-state index in [4.69, 9.17) is 5.11 Å². The number of sulfonamides is 1. The molecule has 0 radical (unpaired) electrons. The van der Waals surface area contributed by atoms with E-state index in [-0.39, 0.29) is 13.2 Å². The largest absolute Gasteiger partial charge is 0.395 e. The maximum absolute atomic E-state index is 12.4. The van der Waals surface area contributed by atoms with Gasteiger partial charge in [0.2, 0.25) is 10.0 Å². The minimum Gasteiger partial charge on any atom is -0.395 e. The highest BCUT2D eigenvalue weighted by atomic mass is 32.2. The summed E-state index contributed by atoms with van der Waals surface area (Å²) in [7, 11) is -3.50. The predicted octanol–water partition coefficient (Wildman–Crippen LogP) is 1.70. The van der Waals surface area contributed by atoms with Gasteiger partial charge in [-0.05, 0) is 43.5 Å². The second-order valence-corrected chi connectivity index (χ2v) is 6.39. The van der Waals surface area contributed by atoms with E-state index >= 15 is 0 Å². The van der Waals surface area contributed by atoms with Crippen LogP contribution < -0.4 is 0 Å².